The molecule has 0 saturated heterocycles. The van der Waals surface area contributed by atoms with Crippen molar-refractivity contribution in [2.45, 2.75) is 154 Å². The molecule has 0 radical (unpaired) electrons. The molecule has 0 amide bonds. The predicted octanol–water partition coefficient (Wildman–Crippen LogP) is 8.28. The molecular weight excluding hydrogens is 681 g/mol. The van der Waals surface area contributed by atoms with Crippen LogP contribution in [0.3, 0.4) is 0 Å². The summed E-state index contributed by atoms with van der Waals surface area (Å²) < 4.78 is 19.4. The molecule has 14 heteroatoms. The van der Waals surface area contributed by atoms with Crippen molar-refractivity contribution in [1.82, 2.24) is 0 Å². The quantitative estimate of drug-likeness (QED) is 0.188. The first-order valence-electron chi connectivity index (χ1n) is 17.1. The molecule has 4 saturated carbocycles. The zero-order chi connectivity index (χ0) is 35.8. The average molecular weight is 745 g/mol. The second-order valence-corrected chi connectivity index (χ2v) is 51.9. The van der Waals surface area contributed by atoms with E-state index in [1.807, 2.05) is 0 Å². The van der Waals surface area contributed by atoms with Gasteiger partial charge in [-0.05, 0) is 94.8 Å². The number of hydrogen-bond donors (Lipinski definition) is 1. The summed E-state index contributed by atoms with van der Waals surface area (Å²) >= 11 is 0. The van der Waals surface area contributed by atoms with Crippen LogP contribution in [0.15, 0.2) is 0 Å². The lowest BCUT2D eigenvalue weighted by Crippen LogP contribution is -2.70. The first kappa shape index (κ1) is 39.6. The Hall–Kier alpha value is -0.819. The van der Waals surface area contributed by atoms with Crippen molar-refractivity contribution < 1.29 is 37.6 Å². The Balaban J connectivity index is 2.17. The third kappa shape index (κ3) is 9.04. The van der Waals surface area contributed by atoms with Crippen LogP contribution in [0.1, 0.15) is 38.5 Å². The predicted molar refractivity (Wildman–Crippen MR) is 200 cm³/mol. The lowest BCUT2D eigenvalue weighted by molar-refractivity contribution is -0.227. The SMILES string of the molecule is C[Si](C)(C)C[Si](C)(C)OC(=O)C12CC3(C(=O)O)CC(C(=O)O[Si](C)(C)C[Si](C)(C)C)(C1)CC(C(=O)O[Si](C)(C)C[Si](C)(C)C)(C3)C2. The van der Waals surface area contributed by atoms with E-state index in [0.717, 1.165) is 17.0 Å². The van der Waals surface area contributed by atoms with E-state index in [1.54, 1.807) is 0 Å². The van der Waals surface area contributed by atoms with Gasteiger partial charge in [0.2, 0.25) is 25.0 Å². The maximum absolute atomic E-state index is 14.6. The Morgan fingerprint density at radius 2 is 0.630 bits per heavy atom. The van der Waals surface area contributed by atoms with Crippen LogP contribution >= 0.6 is 0 Å². The highest BCUT2D eigenvalue weighted by molar-refractivity contribution is 6.93. The Bertz CT molecular complexity index is 1110. The summed E-state index contributed by atoms with van der Waals surface area (Å²) in [5, 5.41) is 10.9. The Kier molecular flexibility index (Phi) is 10.3. The molecular formula is C32H64O8Si6. The highest BCUT2D eigenvalue weighted by atomic mass is 28.4. The van der Waals surface area contributed by atoms with Crippen molar-refractivity contribution in [3.05, 3.63) is 0 Å². The number of hydrogen-bond acceptors (Lipinski definition) is 7. The molecule has 0 atom stereocenters. The molecule has 4 fully saturated rings. The molecule has 0 heterocycles. The van der Waals surface area contributed by atoms with Gasteiger partial charge in [0, 0.05) is 24.2 Å². The molecule has 4 aliphatic rings. The molecule has 264 valence electrons. The minimum atomic E-state index is -2.48. The van der Waals surface area contributed by atoms with Gasteiger partial charge < -0.3 is 18.4 Å². The van der Waals surface area contributed by atoms with E-state index in [0.29, 0.717) is 0 Å². The number of aliphatic carboxylic acids is 1. The summed E-state index contributed by atoms with van der Waals surface area (Å²) in [5.41, 5.74) is -2.57. The van der Waals surface area contributed by atoms with Crippen molar-refractivity contribution in [2.75, 3.05) is 0 Å². The van der Waals surface area contributed by atoms with Crippen LogP contribution in [0.25, 0.3) is 0 Å². The van der Waals surface area contributed by atoms with E-state index in [9.17, 15) is 24.3 Å². The average Bonchev–Trinajstić information content (AvgIpc) is 2.71. The van der Waals surface area contributed by atoms with E-state index in [4.69, 9.17) is 13.3 Å². The van der Waals surface area contributed by atoms with Gasteiger partial charge in [0.15, 0.2) is 0 Å². The van der Waals surface area contributed by atoms with E-state index < -0.39 is 94.7 Å². The maximum atomic E-state index is 14.6. The molecule has 0 unspecified atom stereocenters. The monoisotopic (exact) mass is 744 g/mol. The van der Waals surface area contributed by atoms with E-state index in [-0.39, 0.29) is 38.5 Å². The highest BCUT2D eigenvalue weighted by Gasteiger charge is 2.77. The van der Waals surface area contributed by atoms with Gasteiger partial charge in [-0.2, -0.15) is 0 Å². The van der Waals surface area contributed by atoms with Gasteiger partial charge in [0.1, 0.15) is 0 Å². The van der Waals surface area contributed by atoms with Crippen molar-refractivity contribution in [1.29, 1.82) is 0 Å². The lowest BCUT2D eigenvalue weighted by atomic mass is 9.35. The fourth-order valence-corrected chi connectivity index (χ4v) is 44.2. The van der Waals surface area contributed by atoms with Gasteiger partial charge in [-0.15, -0.1) is 0 Å². The fourth-order valence-electron chi connectivity index (χ4n) is 10.5. The van der Waals surface area contributed by atoms with E-state index in [1.165, 1.54) is 0 Å². The van der Waals surface area contributed by atoms with Gasteiger partial charge in [0.05, 0.1) is 21.7 Å². The molecule has 8 nitrogen and oxygen atoms in total. The number of carbonyl (C=O) groups excluding carboxylic acids is 3. The number of carboxylic acids is 1. The first-order valence-corrected chi connectivity index (χ1v) is 37.6. The topological polar surface area (TPSA) is 116 Å². The van der Waals surface area contributed by atoms with Crippen molar-refractivity contribution in [3.8, 4) is 0 Å². The number of carbonyl (C=O) groups is 4. The zero-order valence-corrected chi connectivity index (χ0v) is 37.7. The summed E-state index contributed by atoms with van der Waals surface area (Å²) in [6.07, 6.45) is 0.772. The minimum Gasteiger partial charge on any atom is -0.519 e. The summed E-state index contributed by atoms with van der Waals surface area (Å²) in [6, 6.07) is 0. The molecule has 4 bridgehead atoms. The number of rotatable bonds is 13. The molecule has 0 spiro atoms. The van der Waals surface area contributed by atoms with Gasteiger partial charge in [-0.25, -0.2) is 0 Å². The standard InChI is InChI=1S/C32H64O8Si6/c1-41(2,3)22-44(10,11)38-26(35)30-16-29(25(33)34)17-31(19-30,27(36)39-45(12,13)23-42(4,5)6)21-32(18-29,20-30)28(37)40-46(14,15)24-43(7,8)9/h16-24H2,1-15H3,(H,33,34). The Morgan fingerprint density at radius 3 is 0.804 bits per heavy atom. The number of carboxylic acid groups (broad SMARTS) is 1. The summed E-state index contributed by atoms with van der Waals surface area (Å²) in [6.45, 7) is 32.7. The smallest absolute Gasteiger partial charge is 0.309 e. The molecule has 46 heavy (non-hydrogen) atoms. The fraction of sp³-hybridized carbons (Fsp3) is 0.875. The summed E-state index contributed by atoms with van der Waals surface area (Å²) in [7, 11) is -12.2. The Morgan fingerprint density at radius 1 is 0.435 bits per heavy atom. The van der Waals surface area contributed by atoms with Crippen molar-refractivity contribution >= 4 is 73.1 Å². The molecule has 4 aliphatic carbocycles. The van der Waals surface area contributed by atoms with Gasteiger partial charge in [0.25, 0.3) is 17.9 Å². The molecule has 0 aromatic carbocycles. The lowest BCUT2D eigenvalue weighted by Gasteiger charge is -2.66. The largest absolute Gasteiger partial charge is 0.519 e. The highest BCUT2D eigenvalue weighted by Crippen LogP contribution is 2.75. The van der Waals surface area contributed by atoms with Gasteiger partial charge in [-0.1, -0.05) is 58.9 Å². The van der Waals surface area contributed by atoms with Crippen LogP contribution in [-0.2, 0) is 32.5 Å². The van der Waals surface area contributed by atoms with Crippen LogP contribution in [0.5, 0.6) is 0 Å². The molecule has 0 aliphatic heterocycles. The summed E-state index contributed by atoms with van der Waals surface area (Å²) in [4.78, 5) is 57.1. The maximum Gasteiger partial charge on any atom is 0.309 e. The van der Waals surface area contributed by atoms with Gasteiger partial charge >= 0.3 is 5.97 Å². The van der Waals surface area contributed by atoms with Gasteiger partial charge in [-0.3, -0.25) is 19.2 Å². The van der Waals surface area contributed by atoms with Crippen molar-refractivity contribution in [2.24, 2.45) is 21.7 Å². The second-order valence-electron chi connectivity index (χ2n) is 21.1. The third-order valence-electron chi connectivity index (χ3n) is 9.79. The first-order chi connectivity index (χ1) is 20.2. The van der Waals surface area contributed by atoms with Crippen LogP contribution in [0.2, 0.25) is 115 Å². The summed E-state index contributed by atoms with van der Waals surface area (Å²) in [5.74, 6) is -2.30. The normalized spacial score (nSPS) is 30.2. The van der Waals surface area contributed by atoms with Crippen LogP contribution in [-0.4, -0.2) is 78.2 Å². The van der Waals surface area contributed by atoms with Crippen LogP contribution < -0.4 is 0 Å². The van der Waals surface area contributed by atoms with E-state index in [2.05, 4.69) is 98.2 Å². The third-order valence-corrected chi connectivity index (χ3v) is 34.9. The minimum absolute atomic E-state index is 0.0844. The molecule has 0 aromatic heterocycles. The second kappa shape index (κ2) is 11.9. The Labute approximate surface area is 284 Å². The molecule has 0 aromatic rings. The zero-order valence-electron chi connectivity index (χ0n) is 31.7. The van der Waals surface area contributed by atoms with Crippen LogP contribution in [0, 0.1) is 21.7 Å². The van der Waals surface area contributed by atoms with Crippen molar-refractivity contribution in [3.63, 3.8) is 0 Å². The van der Waals surface area contributed by atoms with Crippen LogP contribution in [0.4, 0.5) is 0 Å². The molecule has 1 N–H and O–H groups in total. The molecule has 4 rings (SSSR count). The van der Waals surface area contributed by atoms with E-state index >= 15 is 0 Å².